The number of benzene rings is 2. The Bertz CT molecular complexity index is 716. The molecule has 0 amide bonds. The van der Waals surface area contributed by atoms with Crippen LogP contribution >= 0.6 is 23.1 Å². The van der Waals surface area contributed by atoms with Crippen molar-refractivity contribution in [1.82, 2.24) is 4.98 Å². The third-order valence-electron chi connectivity index (χ3n) is 2.76. The van der Waals surface area contributed by atoms with Crippen LogP contribution in [0.4, 0.5) is 0 Å². The van der Waals surface area contributed by atoms with Crippen molar-refractivity contribution in [3.05, 3.63) is 53.6 Å². The Kier molecular flexibility index (Phi) is 3.36. The van der Waals surface area contributed by atoms with E-state index < -0.39 is 0 Å². The van der Waals surface area contributed by atoms with Gasteiger partial charge in [-0.2, -0.15) is 0 Å². The molecule has 3 aromatic rings. The Morgan fingerprint density at radius 3 is 2.84 bits per heavy atom. The predicted octanol–water partition coefficient (Wildman–Crippen LogP) is 4.57. The smallest absolute Gasteiger partial charge is 0.155 e. The van der Waals surface area contributed by atoms with Gasteiger partial charge in [0.25, 0.3) is 0 Å². The molecule has 3 rings (SSSR count). The van der Waals surface area contributed by atoms with E-state index >= 15 is 0 Å². The van der Waals surface area contributed by atoms with Crippen molar-refractivity contribution >= 4 is 39.6 Å². The summed E-state index contributed by atoms with van der Waals surface area (Å²) >= 11 is 3.20. The fourth-order valence-electron chi connectivity index (χ4n) is 1.84. The largest absolute Gasteiger partial charge is 0.298 e. The molecule has 2 nitrogen and oxygen atoms in total. The monoisotopic (exact) mass is 285 g/mol. The Morgan fingerprint density at radius 2 is 2.05 bits per heavy atom. The number of hydrogen-bond acceptors (Lipinski definition) is 4. The zero-order valence-corrected chi connectivity index (χ0v) is 11.9. The van der Waals surface area contributed by atoms with E-state index in [1.165, 1.54) is 4.70 Å². The van der Waals surface area contributed by atoms with Crippen LogP contribution in [0.15, 0.2) is 51.7 Å². The summed E-state index contributed by atoms with van der Waals surface area (Å²) < 4.78 is 2.14. The van der Waals surface area contributed by atoms with Crippen molar-refractivity contribution in [2.75, 3.05) is 0 Å². The molecule has 1 heterocycles. The quantitative estimate of drug-likeness (QED) is 0.660. The van der Waals surface area contributed by atoms with Crippen molar-refractivity contribution in [2.24, 2.45) is 0 Å². The standard InChI is InChI=1S/C15H11NOS2/c1-10-6-7-13(11(8-10)9-17)18-15-16-12-4-2-3-5-14(12)19-15/h2-9H,1H3. The van der Waals surface area contributed by atoms with Gasteiger partial charge in [0.15, 0.2) is 10.6 Å². The zero-order valence-electron chi connectivity index (χ0n) is 10.3. The molecule has 94 valence electrons. The van der Waals surface area contributed by atoms with E-state index in [1.54, 1.807) is 23.1 Å². The number of aryl methyl sites for hydroxylation is 1. The van der Waals surface area contributed by atoms with Gasteiger partial charge in [0.2, 0.25) is 0 Å². The minimum Gasteiger partial charge on any atom is -0.298 e. The molecule has 0 radical (unpaired) electrons. The van der Waals surface area contributed by atoms with Gasteiger partial charge >= 0.3 is 0 Å². The number of fused-ring (bicyclic) bond motifs is 1. The molecule has 0 N–H and O–H groups in total. The van der Waals surface area contributed by atoms with Gasteiger partial charge in [-0.1, -0.05) is 35.5 Å². The topological polar surface area (TPSA) is 30.0 Å². The molecule has 2 aromatic carbocycles. The fourth-order valence-corrected chi connectivity index (χ4v) is 3.94. The van der Waals surface area contributed by atoms with E-state index in [1.807, 2.05) is 43.3 Å². The van der Waals surface area contributed by atoms with E-state index in [4.69, 9.17) is 0 Å². The first-order valence-corrected chi connectivity index (χ1v) is 7.49. The average molecular weight is 285 g/mol. The van der Waals surface area contributed by atoms with Gasteiger partial charge in [0, 0.05) is 10.5 Å². The van der Waals surface area contributed by atoms with Crippen LogP contribution in [-0.2, 0) is 0 Å². The lowest BCUT2D eigenvalue weighted by Crippen LogP contribution is -1.86. The van der Waals surface area contributed by atoms with Gasteiger partial charge in [0.1, 0.15) is 0 Å². The van der Waals surface area contributed by atoms with Crippen LogP contribution in [0.2, 0.25) is 0 Å². The van der Waals surface area contributed by atoms with Crippen molar-refractivity contribution in [1.29, 1.82) is 0 Å². The highest BCUT2D eigenvalue weighted by Gasteiger charge is 2.08. The summed E-state index contributed by atoms with van der Waals surface area (Å²) in [5, 5.41) is 0. The van der Waals surface area contributed by atoms with E-state index in [9.17, 15) is 4.79 Å². The number of carbonyl (C=O) groups excluding carboxylic acids is 1. The first kappa shape index (κ1) is 12.4. The summed E-state index contributed by atoms with van der Waals surface area (Å²) in [6.07, 6.45) is 0.905. The van der Waals surface area contributed by atoms with E-state index in [2.05, 4.69) is 11.1 Å². The normalized spacial score (nSPS) is 10.8. The molecule has 0 aliphatic rings. The first-order valence-electron chi connectivity index (χ1n) is 5.85. The van der Waals surface area contributed by atoms with Gasteiger partial charge in [-0.3, -0.25) is 4.79 Å². The molecular weight excluding hydrogens is 274 g/mol. The molecule has 0 saturated carbocycles. The molecule has 0 unspecified atom stereocenters. The van der Waals surface area contributed by atoms with Crippen LogP contribution < -0.4 is 0 Å². The number of aromatic nitrogens is 1. The number of para-hydroxylation sites is 1. The highest BCUT2D eigenvalue weighted by Crippen LogP contribution is 2.35. The lowest BCUT2D eigenvalue weighted by molar-refractivity contribution is 0.112. The molecule has 4 heteroatoms. The van der Waals surface area contributed by atoms with Crippen LogP contribution in [0, 0.1) is 6.92 Å². The molecule has 0 spiro atoms. The summed E-state index contributed by atoms with van der Waals surface area (Å²) in [4.78, 5) is 16.6. The van der Waals surface area contributed by atoms with Gasteiger partial charge in [-0.15, -0.1) is 11.3 Å². The fraction of sp³-hybridized carbons (Fsp3) is 0.0667. The highest BCUT2D eigenvalue weighted by atomic mass is 32.2. The Labute approximate surface area is 119 Å². The number of hydrogen-bond donors (Lipinski definition) is 0. The Hall–Kier alpha value is -1.65. The maximum Gasteiger partial charge on any atom is 0.155 e. The second-order valence-electron chi connectivity index (χ2n) is 4.21. The zero-order chi connectivity index (χ0) is 13.2. The molecule has 0 aliphatic heterocycles. The van der Waals surface area contributed by atoms with Crippen molar-refractivity contribution in [3.8, 4) is 0 Å². The van der Waals surface area contributed by atoms with Crippen LogP contribution in [0.25, 0.3) is 10.2 Å². The SMILES string of the molecule is Cc1ccc(Sc2nc3ccccc3s2)c(C=O)c1. The maximum atomic E-state index is 11.1. The third kappa shape index (κ3) is 2.55. The average Bonchev–Trinajstić information content (AvgIpc) is 2.83. The van der Waals surface area contributed by atoms with Crippen molar-refractivity contribution < 1.29 is 4.79 Å². The minimum absolute atomic E-state index is 0.726. The van der Waals surface area contributed by atoms with Crippen LogP contribution in [0.1, 0.15) is 15.9 Å². The molecule has 0 fully saturated rings. The summed E-state index contributed by atoms with van der Waals surface area (Å²) in [6.45, 7) is 1.99. The van der Waals surface area contributed by atoms with Gasteiger partial charge in [0.05, 0.1) is 10.2 Å². The van der Waals surface area contributed by atoms with E-state index in [0.29, 0.717) is 0 Å². The first-order chi connectivity index (χ1) is 9.26. The molecule has 0 saturated heterocycles. The number of aldehydes is 1. The minimum atomic E-state index is 0.726. The number of carbonyl (C=O) groups is 1. The predicted molar refractivity (Wildman–Crippen MR) is 80.3 cm³/mol. The van der Waals surface area contributed by atoms with Crippen molar-refractivity contribution in [3.63, 3.8) is 0 Å². The second-order valence-corrected chi connectivity index (χ2v) is 6.53. The van der Waals surface area contributed by atoms with E-state index in [0.717, 1.165) is 32.2 Å². The van der Waals surface area contributed by atoms with Gasteiger partial charge in [-0.05, 0) is 31.2 Å². The van der Waals surface area contributed by atoms with Crippen LogP contribution in [0.3, 0.4) is 0 Å². The summed E-state index contributed by atoms with van der Waals surface area (Å²) in [6, 6.07) is 14.0. The Balaban J connectivity index is 1.98. The molecule has 1 aromatic heterocycles. The highest BCUT2D eigenvalue weighted by molar-refractivity contribution is 8.01. The van der Waals surface area contributed by atoms with Crippen molar-refractivity contribution in [2.45, 2.75) is 16.2 Å². The molecule has 19 heavy (non-hydrogen) atoms. The lowest BCUT2D eigenvalue weighted by atomic mass is 10.2. The molecular formula is C15H11NOS2. The summed E-state index contributed by atoms with van der Waals surface area (Å²) in [7, 11) is 0. The summed E-state index contributed by atoms with van der Waals surface area (Å²) in [5.74, 6) is 0. The van der Waals surface area contributed by atoms with Crippen LogP contribution in [-0.4, -0.2) is 11.3 Å². The lowest BCUT2D eigenvalue weighted by Gasteiger charge is -2.02. The second kappa shape index (κ2) is 5.15. The number of thiazole rings is 1. The van der Waals surface area contributed by atoms with E-state index in [-0.39, 0.29) is 0 Å². The third-order valence-corrected chi connectivity index (χ3v) is 4.95. The molecule has 0 bridgehead atoms. The van der Waals surface area contributed by atoms with Gasteiger partial charge in [-0.25, -0.2) is 4.98 Å². The Morgan fingerprint density at radius 1 is 1.21 bits per heavy atom. The number of rotatable bonds is 3. The number of nitrogens with zero attached hydrogens (tertiary/aromatic N) is 1. The van der Waals surface area contributed by atoms with Gasteiger partial charge < -0.3 is 0 Å². The molecule has 0 aliphatic carbocycles. The molecule has 0 atom stereocenters. The van der Waals surface area contributed by atoms with Crippen LogP contribution in [0.5, 0.6) is 0 Å². The maximum absolute atomic E-state index is 11.1. The summed E-state index contributed by atoms with van der Waals surface area (Å²) in [5.41, 5.74) is 2.83.